The van der Waals surface area contributed by atoms with Crippen molar-refractivity contribution in [1.29, 1.82) is 0 Å². The molecule has 4 rings (SSSR count). The molecule has 1 fully saturated rings. The molecule has 1 saturated heterocycles. The van der Waals surface area contributed by atoms with Gasteiger partial charge >= 0.3 is 194 Å². The summed E-state index contributed by atoms with van der Waals surface area (Å²) in [6.45, 7) is 1.56. The zero-order chi connectivity index (χ0) is 20.7. The molecule has 0 aromatic heterocycles. The Kier molecular flexibility index (Phi) is 7.25. The monoisotopic (exact) mass is 532 g/mol. The van der Waals surface area contributed by atoms with Gasteiger partial charge in [0.25, 0.3) is 0 Å². The van der Waals surface area contributed by atoms with Crippen LogP contribution in [0.2, 0.25) is 0 Å². The summed E-state index contributed by atoms with van der Waals surface area (Å²) >= 11 is 2.84. The Balaban J connectivity index is 1.72. The van der Waals surface area contributed by atoms with Crippen molar-refractivity contribution in [3.63, 3.8) is 0 Å². The number of benzene rings is 3. The van der Waals surface area contributed by atoms with E-state index < -0.39 is 4.25 Å². The van der Waals surface area contributed by atoms with Crippen molar-refractivity contribution in [2.45, 2.75) is 32.0 Å². The summed E-state index contributed by atoms with van der Waals surface area (Å²) in [5, 5.41) is 4.28. The summed E-state index contributed by atoms with van der Waals surface area (Å²) in [6, 6.07) is 33.3. The Morgan fingerprint density at radius 2 is 1.27 bits per heavy atom. The van der Waals surface area contributed by atoms with Crippen LogP contribution in [0.1, 0.15) is 25.7 Å². The predicted molar refractivity (Wildman–Crippen MR) is 138 cm³/mol. The average Bonchev–Trinajstić information content (AvgIpc) is 2.84. The van der Waals surface area contributed by atoms with Crippen LogP contribution in [0, 0.1) is 0 Å². The second kappa shape index (κ2) is 9.91. The summed E-state index contributed by atoms with van der Waals surface area (Å²) in [5.74, 6) is 0. The predicted octanol–water partition coefficient (Wildman–Crippen LogP) is 5.80. The molecule has 1 atom stereocenters. The van der Waals surface area contributed by atoms with E-state index in [2.05, 4.69) is 113 Å². The second-order valence-electron chi connectivity index (χ2n) is 7.93. The minimum absolute atomic E-state index is 0.0239. The fourth-order valence-corrected chi connectivity index (χ4v) is 13.2. The van der Waals surface area contributed by atoms with Gasteiger partial charge in [-0.1, -0.05) is 0 Å². The number of halogens is 1. The SMILES string of the molecule is IP(CCCOC1CCCCO1)(c1ccccc1)(c1ccccc1)c1ccccc1. The first-order chi connectivity index (χ1) is 14.7. The standard InChI is InChI=1S/C26H30IO2P/c27-30(23-13-4-1-5-14-23,24-15-6-2-7-16-24,25-17-8-3-9-18-25)22-12-21-29-26-19-10-11-20-28-26/h1-9,13-18,26H,10-12,19-22H2. The van der Waals surface area contributed by atoms with Crippen LogP contribution >= 0.6 is 26.3 Å². The first kappa shape index (κ1) is 22.0. The number of hydrogen-bond donors (Lipinski definition) is 0. The number of hydrogen-bond acceptors (Lipinski definition) is 2. The minimum atomic E-state index is -2.67. The van der Waals surface area contributed by atoms with Crippen molar-refractivity contribution in [2.24, 2.45) is 0 Å². The molecule has 1 heterocycles. The van der Waals surface area contributed by atoms with Gasteiger partial charge in [-0.2, -0.15) is 0 Å². The van der Waals surface area contributed by atoms with E-state index in [1.54, 1.807) is 0 Å². The quantitative estimate of drug-likeness (QED) is 0.208. The van der Waals surface area contributed by atoms with Crippen molar-refractivity contribution in [3.05, 3.63) is 91.0 Å². The maximum atomic E-state index is 6.13. The van der Waals surface area contributed by atoms with Gasteiger partial charge in [-0.25, -0.2) is 0 Å². The van der Waals surface area contributed by atoms with Gasteiger partial charge in [0.15, 0.2) is 0 Å². The van der Waals surface area contributed by atoms with Gasteiger partial charge in [0, 0.05) is 0 Å². The first-order valence-corrected chi connectivity index (χ1v) is 16.1. The van der Waals surface area contributed by atoms with Gasteiger partial charge in [-0.15, -0.1) is 0 Å². The average molecular weight is 532 g/mol. The van der Waals surface area contributed by atoms with E-state index in [9.17, 15) is 0 Å². The van der Waals surface area contributed by atoms with Crippen molar-refractivity contribution < 1.29 is 9.47 Å². The molecule has 0 N–H and O–H groups in total. The molecule has 3 aromatic rings. The van der Waals surface area contributed by atoms with Crippen molar-refractivity contribution in [2.75, 3.05) is 19.4 Å². The molecule has 0 spiro atoms. The molecular formula is C26H30IO2P. The van der Waals surface area contributed by atoms with Crippen LogP contribution in [-0.2, 0) is 9.47 Å². The molecule has 0 radical (unpaired) electrons. The third kappa shape index (κ3) is 4.36. The van der Waals surface area contributed by atoms with Crippen LogP contribution in [0.4, 0.5) is 0 Å². The molecule has 1 aliphatic heterocycles. The Morgan fingerprint density at radius 3 is 1.70 bits per heavy atom. The molecule has 2 nitrogen and oxygen atoms in total. The molecule has 0 saturated carbocycles. The Hall–Kier alpha value is -1.26. The van der Waals surface area contributed by atoms with Crippen LogP contribution < -0.4 is 15.9 Å². The van der Waals surface area contributed by atoms with E-state index in [0.29, 0.717) is 0 Å². The zero-order valence-electron chi connectivity index (χ0n) is 17.3. The first-order valence-electron chi connectivity index (χ1n) is 10.8. The van der Waals surface area contributed by atoms with Crippen molar-refractivity contribution >= 4 is 42.2 Å². The third-order valence-electron chi connectivity index (χ3n) is 6.05. The molecule has 3 aromatic carbocycles. The van der Waals surface area contributed by atoms with Crippen molar-refractivity contribution in [3.8, 4) is 0 Å². The molecule has 1 unspecified atom stereocenters. The molecule has 0 amide bonds. The van der Waals surface area contributed by atoms with E-state index >= 15 is 0 Å². The summed E-state index contributed by atoms with van der Waals surface area (Å²) in [4.78, 5) is 0. The van der Waals surface area contributed by atoms with E-state index in [1.165, 1.54) is 22.3 Å². The Labute approximate surface area is 193 Å². The summed E-state index contributed by atoms with van der Waals surface area (Å²) in [5.41, 5.74) is 0. The van der Waals surface area contributed by atoms with Crippen LogP contribution in [0.3, 0.4) is 0 Å². The maximum absolute atomic E-state index is 6.13. The number of ether oxygens (including phenoxy) is 2. The summed E-state index contributed by atoms with van der Waals surface area (Å²) in [7, 11) is 0. The van der Waals surface area contributed by atoms with Crippen LogP contribution in [0.25, 0.3) is 0 Å². The van der Waals surface area contributed by atoms with Gasteiger partial charge in [0.2, 0.25) is 0 Å². The van der Waals surface area contributed by atoms with E-state index in [1.807, 2.05) is 0 Å². The van der Waals surface area contributed by atoms with Crippen LogP contribution in [-0.4, -0.2) is 25.7 Å². The van der Waals surface area contributed by atoms with E-state index in [-0.39, 0.29) is 6.29 Å². The van der Waals surface area contributed by atoms with Gasteiger partial charge in [-0.3, -0.25) is 0 Å². The molecule has 0 aliphatic carbocycles. The van der Waals surface area contributed by atoms with Gasteiger partial charge in [0.1, 0.15) is 0 Å². The molecule has 0 bridgehead atoms. The summed E-state index contributed by atoms with van der Waals surface area (Å²) < 4.78 is 9.23. The fourth-order valence-electron chi connectivity index (χ4n) is 4.47. The van der Waals surface area contributed by atoms with Crippen LogP contribution in [0.5, 0.6) is 0 Å². The Morgan fingerprint density at radius 1 is 0.767 bits per heavy atom. The van der Waals surface area contributed by atoms with Crippen LogP contribution in [0.15, 0.2) is 91.0 Å². The second-order valence-corrected chi connectivity index (χ2v) is 18.7. The molecule has 4 heteroatoms. The Bertz CT molecular complexity index is 812. The topological polar surface area (TPSA) is 18.5 Å². The summed E-state index contributed by atoms with van der Waals surface area (Å²) in [6.07, 6.45) is 5.42. The zero-order valence-corrected chi connectivity index (χ0v) is 20.4. The van der Waals surface area contributed by atoms with E-state index in [4.69, 9.17) is 9.47 Å². The van der Waals surface area contributed by atoms with Gasteiger partial charge in [-0.05, 0) is 0 Å². The normalized spacial score (nSPS) is 18.4. The molecule has 158 valence electrons. The molecule has 1 aliphatic rings. The number of rotatable bonds is 8. The van der Waals surface area contributed by atoms with Crippen molar-refractivity contribution in [1.82, 2.24) is 0 Å². The van der Waals surface area contributed by atoms with E-state index in [0.717, 1.165) is 38.6 Å². The fraction of sp³-hybridized carbons (Fsp3) is 0.308. The molecular weight excluding hydrogens is 502 g/mol. The van der Waals surface area contributed by atoms with Gasteiger partial charge in [0.05, 0.1) is 0 Å². The third-order valence-corrected chi connectivity index (χ3v) is 17.8. The molecule has 30 heavy (non-hydrogen) atoms. The van der Waals surface area contributed by atoms with Gasteiger partial charge < -0.3 is 0 Å².